The monoisotopic (exact) mass is 187 g/mol. The van der Waals surface area contributed by atoms with Gasteiger partial charge in [-0.3, -0.25) is 9.59 Å². The SMILES string of the molecule is O=C(O)C[C@H]1CCCN[C@H]1C(=O)O. The van der Waals surface area contributed by atoms with Crippen molar-refractivity contribution in [1.29, 1.82) is 0 Å². The molecular weight excluding hydrogens is 174 g/mol. The van der Waals surface area contributed by atoms with E-state index in [-0.39, 0.29) is 12.3 Å². The summed E-state index contributed by atoms with van der Waals surface area (Å²) in [7, 11) is 0. The van der Waals surface area contributed by atoms with Crippen molar-refractivity contribution in [3.05, 3.63) is 0 Å². The summed E-state index contributed by atoms with van der Waals surface area (Å²) in [6.07, 6.45) is 1.46. The molecular formula is C8H13NO4. The van der Waals surface area contributed by atoms with Crippen LogP contribution in [0.4, 0.5) is 0 Å². The second-order valence-corrected chi connectivity index (χ2v) is 3.27. The van der Waals surface area contributed by atoms with Gasteiger partial charge in [0.2, 0.25) is 0 Å². The highest BCUT2D eigenvalue weighted by atomic mass is 16.4. The van der Waals surface area contributed by atoms with Gasteiger partial charge in [-0.2, -0.15) is 0 Å². The van der Waals surface area contributed by atoms with Gasteiger partial charge in [-0.1, -0.05) is 0 Å². The number of carboxylic acid groups (broad SMARTS) is 2. The predicted octanol–water partition coefficient (Wildman–Crippen LogP) is -0.0861. The van der Waals surface area contributed by atoms with Crippen LogP contribution in [0.1, 0.15) is 19.3 Å². The van der Waals surface area contributed by atoms with E-state index in [1.165, 1.54) is 0 Å². The molecule has 13 heavy (non-hydrogen) atoms. The average molecular weight is 187 g/mol. The van der Waals surface area contributed by atoms with Gasteiger partial charge in [0.1, 0.15) is 6.04 Å². The van der Waals surface area contributed by atoms with Crippen molar-refractivity contribution < 1.29 is 19.8 Å². The quantitative estimate of drug-likeness (QED) is 0.575. The van der Waals surface area contributed by atoms with Crippen molar-refractivity contribution in [1.82, 2.24) is 5.32 Å². The average Bonchev–Trinajstić information content (AvgIpc) is 2.03. The Bertz CT molecular complexity index is 216. The van der Waals surface area contributed by atoms with Crippen molar-refractivity contribution in [3.8, 4) is 0 Å². The summed E-state index contributed by atoms with van der Waals surface area (Å²) < 4.78 is 0. The molecule has 0 aromatic heterocycles. The van der Waals surface area contributed by atoms with E-state index in [1.54, 1.807) is 0 Å². The molecule has 0 aliphatic carbocycles. The first kappa shape index (κ1) is 9.98. The molecule has 1 aliphatic heterocycles. The zero-order valence-electron chi connectivity index (χ0n) is 7.19. The Labute approximate surface area is 75.7 Å². The van der Waals surface area contributed by atoms with Crippen LogP contribution in [0, 0.1) is 5.92 Å². The van der Waals surface area contributed by atoms with Gasteiger partial charge >= 0.3 is 11.9 Å². The molecule has 0 radical (unpaired) electrons. The highest BCUT2D eigenvalue weighted by Gasteiger charge is 2.31. The molecule has 0 aromatic rings. The molecule has 3 N–H and O–H groups in total. The maximum atomic E-state index is 10.7. The van der Waals surface area contributed by atoms with Crippen molar-refractivity contribution in [3.63, 3.8) is 0 Å². The molecule has 1 heterocycles. The highest BCUT2D eigenvalue weighted by molar-refractivity contribution is 5.76. The third-order valence-corrected chi connectivity index (χ3v) is 2.29. The van der Waals surface area contributed by atoms with E-state index in [9.17, 15) is 9.59 Å². The Kier molecular flexibility index (Phi) is 3.25. The minimum Gasteiger partial charge on any atom is -0.481 e. The Balaban J connectivity index is 2.56. The lowest BCUT2D eigenvalue weighted by atomic mass is 9.88. The molecule has 1 saturated heterocycles. The summed E-state index contributed by atoms with van der Waals surface area (Å²) in [5.74, 6) is -2.16. The first-order valence-corrected chi connectivity index (χ1v) is 4.29. The van der Waals surface area contributed by atoms with Gasteiger partial charge in [0, 0.05) is 0 Å². The first-order valence-electron chi connectivity index (χ1n) is 4.29. The molecule has 1 rings (SSSR count). The Hall–Kier alpha value is -1.10. The zero-order chi connectivity index (χ0) is 9.84. The van der Waals surface area contributed by atoms with Crippen LogP contribution in [0.5, 0.6) is 0 Å². The van der Waals surface area contributed by atoms with E-state index in [2.05, 4.69) is 5.32 Å². The molecule has 0 bridgehead atoms. The standard InChI is InChI=1S/C8H13NO4/c10-6(11)4-5-2-1-3-9-7(5)8(12)13/h5,7,9H,1-4H2,(H,10,11)(H,12,13)/t5-,7-/m1/s1. The van der Waals surface area contributed by atoms with Crippen LogP contribution in [0.3, 0.4) is 0 Å². The molecule has 1 fully saturated rings. The number of carboxylic acids is 2. The van der Waals surface area contributed by atoms with Gasteiger partial charge in [0.15, 0.2) is 0 Å². The minimum absolute atomic E-state index is 0.0655. The molecule has 0 unspecified atom stereocenters. The van der Waals surface area contributed by atoms with Crippen LogP contribution in [0.15, 0.2) is 0 Å². The van der Waals surface area contributed by atoms with Crippen molar-refractivity contribution in [2.75, 3.05) is 6.54 Å². The van der Waals surface area contributed by atoms with Crippen LogP contribution in [-0.2, 0) is 9.59 Å². The Morgan fingerprint density at radius 3 is 2.62 bits per heavy atom. The molecule has 0 amide bonds. The van der Waals surface area contributed by atoms with Gasteiger partial charge in [-0.05, 0) is 25.3 Å². The van der Waals surface area contributed by atoms with E-state index in [0.717, 1.165) is 6.42 Å². The van der Waals surface area contributed by atoms with Crippen LogP contribution in [0.2, 0.25) is 0 Å². The van der Waals surface area contributed by atoms with E-state index in [0.29, 0.717) is 13.0 Å². The second-order valence-electron chi connectivity index (χ2n) is 3.27. The lowest BCUT2D eigenvalue weighted by Gasteiger charge is -2.28. The molecule has 5 nitrogen and oxygen atoms in total. The largest absolute Gasteiger partial charge is 0.481 e. The van der Waals surface area contributed by atoms with Gasteiger partial charge in [-0.15, -0.1) is 0 Å². The first-order chi connectivity index (χ1) is 6.11. The van der Waals surface area contributed by atoms with E-state index < -0.39 is 18.0 Å². The number of rotatable bonds is 3. The molecule has 0 spiro atoms. The van der Waals surface area contributed by atoms with E-state index in [4.69, 9.17) is 10.2 Å². The van der Waals surface area contributed by atoms with Crippen LogP contribution in [-0.4, -0.2) is 34.7 Å². The van der Waals surface area contributed by atoms with Crippen molar-refractivity contribution in [2.45, 2.75) is 25.3 Å². The number of nitrogens with one attached hydrogen (secondary N) is 1. The summed E-state index contributed by atoms with van der Waals surface area (Å²) >= 11 is 0. The molecule has 0 saturated carbocycles. The molecule has 0 aromatic carbocycles. The fourth-order valence-electron chi connectivity index (χ4n) is 1.69. The lowest BCUT2D eigenvalue weighted by Crippen LogP contribution is -2.47. The third-order valence-electron chi connectivity index (χ3n) is 2.29. The normalized spacial score (nSPS) is 28.3. The summed E-state index contributed by atoms with van der Waals surface area (Å²) in [4.78, 5) is 21.1. The highest BCUT2D eigenvalue weighted by Crippen LogP contribution is 2.20. The Morgan fingerprint density at radius 2 is 2.08 bits per heavy atom. The molecule has 2 atom stereocenters. The maximum Gasteiger partial charge on any atom is 0.320 e. The van der Waals surface area contributed by atoms with Crippen molar-refractivity contribution in [2.24, 2.45) is 5.92 Å². The number of hydrogen-bond acceptors (Lipinski definition) is 3. The van der Waals surface area contributed by atoms with Crippen LogP contribution < -0.4 is 5.32 Å². The topological polar surface area (TPSA) is 86.6 Å². The summed E-state index contributed by atoms with van der Waals surface area (Å²) in [6, 6.07) is -0.690. The lowest BCUT2D eigenvalue weighted by molar-refractivity contribution is -0.143. The second kappa shape index (κ2) is 4.23. The van der Waals surface area contributed by atoms with Gasteiger partial charge in [0.25, 0.3) is 0 Å². The van der Waals surface area contributed by atoms with Crippen molar-refractivity contribution >= 4 is 11.9 Å². The van der Waals surface area contributed by atoms with Gasteiger partial charge in [-0.25, -0.2) is 0 Å². The third kappa shape index (κ3) is 2.69. The number of piperidine rings is 1. The van der Waals surface area contributed by atoms with Crippen LogP contribution in [0.25, 0.3) is 0 Å². The van der Waals surface area contributed by atoms with E-state index >= 15 is 0 Å². The minimum atomic E-state index is -0.953. The summed E-state index contributed by atoms with van der Waals surface area (Å²) in [5, 5.41) is 20.1. The van der Waals surface area contributed by atoms with E-state index in [1.807, 2.05) is 0 Å². The predicted molar refractivity (Wildman–Crippen MR) is 44.4 cm³/mol. The molecule has 74 valence electrons. The van der Waals surface area contributed by atoms with Gasteiger partial charge < -0.3 is 15.5 Å². The fraction of sp³-hybridized carbons (Fsp3) is 0.750. The van der Waals surface area contributed by atoms with Crippen LogP contribution >= 0.6 is 0 Å². The number of aliphatic carboxylic acids is 2. The Morgan fingerprint density at radius 1 is 1.38 bits per heavy atom. The fourth-order valence-corrected chi connectivity index (χ4v) is 1.69. The number of hydrogen-bond donors (Lipinski definition) is 3. The zero-order valence-corrected chi connectivity index (χ0v) is 7.19. The molecule has 5 heteroatoms. The summed E-state index contributed by atoms with van der Waals surface area (Å²) in [6.45, 7) is 0.660. The summed E-state index contributed by atoms with van der Waals surface area (Å²) in [5.41, 5.74) is 0. The maximum absolute atomic E-state index is 10.7. The molecule has 1 aliphatic rings. The smallest absolute Gasteiger partial charge is 0.320 e. The number of carbonyl (C=O) groups is 2. The van der Waals surface area contributed by atoms with Gasteiger partial charge in [0.05, 0.1) is 6.42 Å².